The van der Waals surface area contributed by atoms with Gasteiger partial charge < -0.3 is 15.8 Å². The Kier molecular flexibility index (Phi) is 4.27. The van der Waals surface area contributed by atoms with Crippen molar-refractivity contribution in [3.8, 4) is 0 Å². The molecule has 26 heavy (non-hydrogen) atoms. The van der Waals surface area contributed by atoms with E-state index in [2.05, 4.69) is 31.4 Å². The van der Waals surface area contributed by atoms with E-state index < -0.39 is 5.91 Å². The van der Waals surface area contributed by atoms with Crippen molar-refractivity contribution in [3.63, 3.8) is 0 Å². The van der Waals surface area contributed by atoms with Crippen molar-refractivity contribution in [1.29, 1.82) is 0 Å². The molecule has 0 unspecified atom stereocenters. The van der Waals surface area contributed by atoms with Crippen molar-refractivity contribution < 1.29 is 14.3 Å². The molecule has 3 aliphatic carbocycles. The first-order valence-electron chi connectivity index (χ1n) is 9.38. The summed E-state index contributed by atoms with van der Waals surface area (Å²) in [5, 5.41) is 6.56. The number of nitrogens with two attached hydrogens (primary N) is 1. The van der Waals surface area contributed by atoms with Crippen LogP contribution in [0.5, 0.6) is 0 Å². The Morgan fingerprint density at radius 2 is 2.08 bits per heavy atom. The van der Waals surface area contributed by atoms with Gasteiger partial charge in [0, 0.05) is 10.9 Å². The van der Waals surface area contributed by atoms with Gasteiger partial charge >= 0.3 is 6.03 Å². The normalized spacial score (nSPS) is 31.5. The highest BCUT2D eigenvalue weighted by Gasteiger charge is 2.56. The molecule has 0 spiro atoms. The SMILES string of the molecule is C[C@@H]1[C@@H](NC(=O)Nc2sc3c(c2C(N)=O)CCOC3)C[C@H]2C[C@@H]1C2(C)C. The van der Waals surface area contributed by atoms with Crippen LogP contribution in [0.25, 0.3) is 0 Å². The number of carbonyl (C=O) groups excluding carboxylic acids is 2. The van der Waals surface area contributed by atoms with Crippen LogP contribution in [0.2, 0.25) is 0 Å². The van der Waals surface area contributed by atoms with E-state index in [-0.39, 0.29) is 12.1 Å². The Morgan fingerprint density at radius 1 is 1.31 bits per heavy atom. The van der Waals surface area contributed by atoms with E-state index in [0.717, 1.165) is 16.9 Å². The quantitative estimate of drug-likeness (QED) is 0.755. The number of anilines is 1. The van der Waals surface area contributed by atoms with Crippen LogP contribution in [0.15, 0.2) is 0 Å². The molecule has 3 saturated carbocycles. The fourth-order valence-corrected chi connectivity index (χ4v) is 6.41. The van der Waals surface area contributed by atoms with E-state index in [0.29, 0.717) is 53.4 Å². The smallest absolute Gasteiger partial charge is 0.320 e. The van der Waals surface area contributed by atoms with Gasteiger partial charge in [-0.25, -0.2) is 4.79 Å². The zero-order valence-corrected chi connectivity index (χ0v) is 16.4. The van der Waals surface area contributed by atoms with Crippen molar-refractivity contribution in [2.45, 2.75) is 52.7 Å². The molecule has 142 valence electrons. The number of amides is 3. The number of hydrogen-bond donors (Lipinski definition) is 3. The van der Waals surface area contributed by atoms with E-state index in [4.69, 9.17) is 10.5 Å². The summed E-state index contributed by atoms with van der Waals surface area (Å²) in [5.74, 6) is 1.32. The van der Waals surface area contributed by atoms with Crippen LogP contribution < -0.4 is 16.4 Å². The molecule has 4 aliphatic rings. The lowest BCUT2D eigenvalue weighted by Crippen LogP contribution is -2.61. The largest absolute Gasteiger partial charge is 0.376 e. The molecule has 0 saturated heterocycles. The summed E-state index contributed by atoms with van der Waals surface area (Å²) < 4.78 is 5.45. The Labute approximate surface area is 157 Å². The molecule has 1 aliphatic heterocycles. The van der Waals surface area contributed by atoms with Crippen molar-refractivity contribution in [1.82, 2.24) is 5.32 Å². The van der Waals surface area contributed by atoms with Gasteiger partial charge in [0.25, 0.3) is 5.91 Å². The van der Waals surface area contributed by atoms with Crippen LogP contribution in [0, 0.1) is 23.2 Å². The fourth-order valence-electron chi connectivity index (χ4n) is 5.23. The predicted molar refractivity (Wildman–Crippen MR) is 101 cm³/mol. The lowest BCUT2D eigenvalue weighted by atomic mass is 9.45. The number of primary amides is 1. The zero-order chi connectivity index (χ0) is 18.6. The minimum absolute atomic E-state index is 0.182. The van der Waals surface area contributed by atoms with Gasteiger partial charge in [0.15, 0.2) is 0 Å². The Morgan fingerprint density at radius 3 is 2.73 bits per heavy atom. The summed E-state index contributed by atoms with van der Waals surface area (Å²) >= 11 is 1.39. The Hall–Kier alpha value is -1.60. The van der Waals surface area contributed by atoms with Crippen molar-refractivity contribution in [2.24, 2.45) is 28.9 Å². The maximum atomic E-state index is 12.6. The molecule has 6 nitrogen and oxygen atoms in total. The molecule has 1 aromatic rings. The van der Waals surface area contributed by atoms with Crippen LogP contribution >= 0.6 is 11.3 Å². The molecule has 2 bridgehead atoms. The predicted octanol–water partition coefficient (Wildman–Crippen LogP) is 3.11. The molecule has 3 fully saturated rings. The average molecular weight is 378 g/mol. The molecule has 1 aromatic heterocycles. The molecule has 0 aromatic carbocycles. The number of nitrogens with one attached hydrogen (secondary N) is 2. The Balaban J connectivity index is 1.46. The summed E-state index contributed by atoms with van der Waals surface area (Å²) in [4.78, 5) is 25.5. The zero-order valence-electron chi connectivity index (χ0n) is 15.6. The highest BCUT2D eigenvalue weighted by molar-refractivity contribution is 7.17. The molecule has 4 N–H and O–H groups in total. The first-order chi connectivity index (χ1) is 12.3. The summed E-state index contributed by atoms with van der Waals surface area (Å²) in [7, 11) is 0. The van der Waals surface area contributed by atoms with Crippen LogP contribution in [-0.4, -0.2) is 24.6 Å². The third-order valence-corrected chi connectivity index (χ3v) is 8.09. The van der Waals surface area contributed by atoms with Crippen molar-refractivity contribution in [3.05, 3.63) is 16.0 Å². The molecule has 3 amide bonds. The maximum Gasteiger partial charge on any atom is 0.320 e. The molecule has 0 radical (unpaired) electrons. The topological polar surface area (TPSA) is 93.5 Å². The van der Waals surface area contributed by atoms with Crippen LogP contribution in [0.1, 0.15) is 54.4 Å². The van der Waals surface area contributed by atoms with E-state index in [9.17, 15) is 9.59 Å². The van der Waals surface area contributed by atoms with E-state index in [1.165, 1.54) is 17.8 Å². The summed E-state index contributed by atoms with van der Waals surface area (Å²) in [5.41, 5.74) is 7.34. The molecular formula is C19H27N3O3S. The minimum Gasteiger partial charge on any atom is -0.376 e. The first-order valence-corrected chi connectivity index (χ1v) is 10.2. The van der Waals surface area contributed by atoms with Crippen LogP contribution in [0.4, 0.5) is 9.80 Å². The summed E-state index contributed by atoms with van der Waals surface area (Å²) in [6.45, 7) is 7.98. The standard InChI is InChI=1S/C19H27N3O3S/c1-9-12-6-10(19(12,2)3)7-13(9)21-18(24)22-17-15(16(20)23)11-4-5-25-8-14(11)26-17/h9-10,12-13H,4-8H2,1-3H3,(H2,20,23)(H2,21,22,24)/t9-,10+,12-,13-/m0/s1. The van der Waals surface area contributed by atoms with Gasteiger partial charge in [0.1, 0.15) is 5.00 Å². The molecule has 5 rings (SSSR count). The van der Waals surface area contributed by atoms with Gasteiger partial charge in [-0.3, -0.25) is 10.1 Å². The van der Waals surface area contributed by atoms with Gasteiger partial charge in [0.05, 0.1) is 18.8 Å². The second kappa shape index (κ2) is 6.23. The first kappa shape index (κ1) is 17.8. The van der Waals surface area contributed by atoms with Crippen molar-refractivity contribution >= 4 is 28.3 Å². The maximum absolute atomic E-state index is 12.6. The van der Waals surface area contributed by atoms with E-state index in [1.54, 1.807) is 0 Å². The average Bonchev–Trinajstić information content (AvgIpc) is 2.93. The lowest BCUT2D eigenvalue weighted by Gasteiger charge is -2.62. The number of fused-ring (bicyclic) bond motifs is 3. The minimum atomic E-state index is -0.492. The fraction of sp³-hybridized carbons (Fsp3) is 0.684. The van der Waals surface area contributed by atoms with Gasteiger partial charge in [-0.2, -0.15) is 0 Å². The number of thiophene rings is 1. The molecule has 7 heteroatoms. The third-order valence-electron chi connectivity index (χ3n) is 6.96. The monoisotopic (exact) mass is 377 g/mol. The molecule has 4 atom stereocenters. The van der Waals surface area contributed by atoms with Gasteiger partial charge in [0.2, 0.25) is 0 Å². The number of ether oxygens (including phenoxy) is 1. The van der Waals surface area contributed by atoms with Crippen molar-refractivity contribution in [2.75, 3.05) is 11.9 Å². The van der Waals surface area contributed by atoms with Gasteiger partial charge in [-0.05, 0) is 48.0 Å². The second-order valence-electron chi connectivity index (χ2n) is 8.54. The summed E-state index contributed by atoms with van der Waals surface area (Å²) in [6.07, 6.45) is 2.96. The number of rotatable bonds is 3. The second-order valence-corrected chi connectivity index (χ2v) is 9.64. The van der Waals surface area contributed by atoms with Gasteiger partial charge in [-0.1, -0.05) is 20.8 Å². The Bertz CT molecular complexity index is 757. The highest BCUT2D eigenvalue weighted by atomic mass is 32.1. The third kappa shape index (κ3) is 2.72. The molecular weight excluding hydrogens is 350 g/mol. The summed E-state index contributed by atoms with van der Waals surface area (Å²) in [6, 6.07) is -0.0651. The molecule has 2 heterocycles. The van der Waals surface area contributed by atoms with Crippen LogP contribution in [-0.2, 0) is 17.8 Å². The highest BCUT2D eigenvalue weighted by Crippen LogP contribution is 2.61. The van der Waals surface area contributed by atoms with Crippen LogP contribution in [0.3, 0.4) is 0 Å². The van der Waals surface area contributed by atoms with Gasteiger partial charge in [-0.15, -0.1) is 11.3 Å². The van der Waals surface area contributed by atoms with E-state index in [1.807, 2.05) is 0 Å². The number of urea groups is 1. The number of hydrogen-bond acceptors (Lipinski definition) is 4. The lowest BCUT2D eigenvalue weighted by molar-refractivity contribution is -0.112. The van der Waals surface area contributed by atoms with E-state index >= 15 is 0 Å². The number of carbonyl (C=O) groups is 2.